The Bertz CT molecular complexity index is 539. The minimum Gasteiger partial charge on any atom is -0.507 e. The first-order chi connectivity index (χ1) is 7.89. The Morgan fingerprint density at radius 1 is 1.29 bits per heavy atom. The molecule has 2 aromatic rings. The molecule has 0 bridgehead atoms. The van der Waals surface area contributed by atoms with E-state index in [9.17, 15) is 5.11 Å². The summed E-state index contributed by atoms with van der Waals surface area (Å²) in [6.07, 6.45) is 0. The molecular weight excluding hydrogens is 216 g/mol. The summed E-state index contributed by atoms with van der Waals surface area (Å²) in [6, 6.07) is 7.17. The summed E-state index contributed by atoms with van der Waals surface area (Å²) in [5.41, 5.74) is 6.85. The Morgan fingerprint density at radius 2 is 2.00 bits per heavy atom. The van der Waals surface area contributed by atoms with Crippen LogP contribution in [0.4, 0.5) is 5.82 Å². The van der Waals surface area contributed by atoms with Crippen LogP contribution in [0.1, 0.15) is 26.3 Å². The van der Waals surface area contributed by atoms with Gasteiger partial charge in [0.25, 0.3) is 0 Å². The summed E-state index contributed by atoms with van der Waals surface area (Å²) in [5.74, 6) is 1.00. The molecule has 2 rings (SSSR count). The van der Waals surface area contributed by atoms with E-state index in [1.807, 2.05) is 32.9 Å². The highest BCUT2D eigenvalue weighted by Crippen LogP contribution is 2.38. The smallest absolute Gasteiger partial charge is 0.172 e. The lowest BCUT2D eigenvalue weighted by Gasteiger charge is -2.21. The van der Waals surface area contributed by atoms with Crippen LogP contribution in [0.2, 0.25) is 0 Å². The van der Waals surface area contributed by atoms with Gasteiger partial charge in [0.1, 0.15) is 5.75 Å². The van der Waals surface area contributed by atoms with Gasteiger partial charge in [0.05, 0.1) is 5.56 Å². The highest BCUT2D eigenvalue weighted by Gasteiger charge is 2.21. The van der Waals surface area contributed by atoms with Crippen LogP contribution in [-0.2, 0) is 5.41 Å². The molecule has 1 aromatic heterocycles. The second-order valence-corrected chi connectivity index (χ2v) is 5.07. The lowest BCUT2D eigenvalue weighted by atomic mass is 9.85. The fraction of sp³-hybridized carbons (Fsp3) is 0.308. The zero-order chi connectivity index (χ0) is 12.6. The van der Waals surface area contributed by atoms with E-state index < -0.39 is 0 Å². The Morgan fingerprint density at radius 3 is 2.53 bits per heavy atom. The molecular formula is C13H16N2O2. The normalized spacial score (nSPS) is 11.7. The van der Waals surface area contributed by atoms with Crippen LogP contribution in [0.5, 0.6) is 5.75 Å². The summed E-state index contributed by atoms with van der Waals surface area (Å²) < 4.78 is 5.06. The number of aromatic hydroxyl groups is 1. The van der Waals surface area contributed by atoms with E-state index in [0.717, 1.165) is 5.56 Å². The number of phenolic OH excluding ortho intramolecular Hbond substituents is 1. The molecule has 0 saturated heterocycles. The largest absolute Gasteiger partial charge is 0.507 e. The number of nitrogen functional groups attached to an aromatic ring is 1. The van der Waals surface area contributed by atoms with E-state index in [1.54, 1.807) is 12.1 Å². The molecule has 0 aliphatic rings. The van der Waals surface area contributed by atoms with Crippen LogP contribution in [0.25, 0.3) is 11.3 Å². The van der Waals surface area contributed by atoms with Crippen molar-refractivity contribution in [2.75, 3.05) is 5.73 Å². The molecule has 0 radical (unpaired) electrons. The number of anilines is 1. The van der Waals surface area contributed by atoms with Crippen LogP contribution >= 0.6 is 0 Å². The Labute approximate surface area is 100 Å². The third-order valence-electron chi connectivity index (χ3n) is 2.64. The van der Waals surface area contributed by atoms with Crippen molar-refractivity contribution in [1.82, 2.24) is 5.16 Å². The number of nitrogens with zero attached hydrogens (tertiary/aromatic N) is 1. The van der Waals surface area contributed by atoms with E-state index >= 15 is 0 Å². The van der Waals surface area contributed by atoms with Gasteiger partial charge in [0.2, 0.25) is 0 Å². The predicted octanol–water partition coefficient (Wildman–Crippen LogP) is 2.93. The zero-order valence-corrected chi connectivity index (χ0v) is 10.2. The number of benzene rings is 1. The molecule has 0 aliphatic heterocycles. The SMILES string of the molecule is CC(C)(C)c1cccc(-c2cc(N)no2)c1O. The van der Waals surface area contributed by atoms with Gasteiger partial charge in [-0.05, 0) is 17.0 Å². The zero-order valence-electron chi connectivity index (χ0n) is 10.2. The van der Waals surface area contributed by atoms with Crippen LogP contribution in [0.3, 0.4) is 0 Å². The minimum atomic E-state index is -0.133. The first kappa shape index (κ1) is 11.5. The van der Waals surface area contributed by atoms with E-state index in [-0.39, 0.29) is 11.2 Å². The fourth-order valence-electron chi connectivity index (χ4n) is 1.76. The van der Waals surface area contributed by atoms with Crippen LogP contribution in [0, 0.1) is 0 Å². The Balaban J connectivity index is 2.57. The van der Waals surface area contributed by atoms with Gasteiger partial charge < -0.3 is 15.4 Å². The first-order valence-electron chi connectivity index (χ1n) is 5.44. The molecule has 0 saturated carbocycles. The fourth-order valence-corrected chi connectivity index (χ4v) is 1.76. The Hall–Kier alpha value is -1.97. The number of hydrogen-bond donors (Lipinski definition) is 2. The van der Waals surface area contributed by atoms with Crippen molar-refractivity contribution in [3.05, 3.63) is 29.8 Å². The quantitative estimate of drug-likeness (QED) is 0.792. The van der Waals surface area contributed by atoms with Gasteiger partial charge in [-0.2, -0.15) is 0 Å². The highest BCUT2D eigenvalue weighted by atomic mass is 16.5. The van der Waals surface area contributed by atoms with Crippen molar-refractivity contribution in [2.45, 2.75) is 26.2 Å². The van der Waals surface area contributed by atoms with Gasteiger partial charge in [0, 0.05) is 6.07 Å². The number of para-hydroxylation sites is 1. The maximum absolute atomic E-state index is 10.3. The summed E-state index contributed by atoms with van der Waals surface area (Å²) >= 11 is 0. The minimum absolute atomic E-state index is 0.133. The van der Waals surface area contributed by atoms with E-state index in [1.165, 1.54) is 0 Å². The van der Waals surface area contributed by atoms with Crippen molar-refractivity contribution in [3.63, 3.8) is 0 Å². The average Bonchev–Trinajstić information content (AvgIpc) is 2.63. The van der Waals surface area contributed by atoms with Crippen molar-refractivity contribution < 1.29 is 9.63 Å². The molecule has 0 amide bonds. The second kappa shape index (κ2) is 3.80. The lowest BCUT2D eigenvalue weighted by molar-refractivity contribution is 0.423. The molecule has 0 aliphatic carbocycles. The molecule has 3 N–H and O–H groups in total. The van der Waals surface area contributed by atoms with E-state index in [0.29, 0.717) is 17.1 Å². The average molecular weight is 232 g/mol. The van der Waals surface area contributed by atoms with Crippen molar-refractivity contribution in [2.24, 2.45) is 0 Å². The third-order valence-corrected chi connectivity index (χ3v) is 2.64. The summed E-state index contributed by atoms with van der Waals surface area (Å²) in [6.45, 7) is 6.13. The van der Waals surface area contributed by atoms with Crippen LogP contribution in [0.15, 0.2) is 28.8 Å². The van der Waals surface area contributed by atoms with Crippen molar-refractivity contribution in [1.29, 1.82) is 0 Å². The van der Waals surface area contributed by atoms with Gasteiger partial charge in [0.15, 0.2) is 11.6 Å². The van der Waals surface area contributed by atoms with Crippen molar-refractivity contribution in [3.8, 4) is 17.1 Å². The number of phenols is 1. The topological polar surface area (TPSA) is 72.3 Å². The first-order valence-corrected chi connectivity index (χ1v) is 5.44. The van der Waals surface area contributed by atoms with Gasteiger partial charge in [-0.1, -0.05) is 38.1 Å². The summed E-state index contributed by atoms with van der Waals surface area (Å²) in [5, 5.41) is 13.9. The lowest BCUT2D eigenvalue weighted by Crippen LogP contribution is -2.11. The Kier molecular flexibility index (Phi) is 2.58. The van der Waals surface area contributed by atoms with Crippen molar-refractivity contribution >= 4 is 5.82 Å². The number of hydrogen-bond acceptors (Lipinski definition) is 4. The number of nitrogens with two attached hydrogens (primary N) is 1. The molecule has 4 heteroatoms. The van der Waals surface area contributed by atoms with Crippen LogP contribution in [-0.4, -0.2) is 10.3 Å². The maximum atomic E-state index is 10.3. The molecule has 0 spiro atoms. The standard InChI is InChI=1S/C13H16N2O2/c1-13(2,3)9-6-4-5-8(12(9)16)10-7-11(14)15-17-10/h4-7,16H,1-3H3,(H2,14,15). The van der Waals surface area contributed by atoms with Crippen LogP contribution < -0.4 is 5.73 Å². The molecule has 0 atom stereocenters. The maximum Gasteiger partial charge on any atom is 0.172 e. The predicted molar refractivity (Wildman–Crippen MR) is 66.7 cm³/mol. The second-order valence-electron chi connectivity index (χ2n) is 5.07. The number of aromatic nitrogens is 1. The molecule has 1 aromatic carbocycles. The molecule has 90 valence electrons. The van der Waals surface area contributed by atoms with Gasteiger partial charge in [-0.25, -0.2) is 0 Å². The molecule has 0 unspecified atom stereocenters. The van der Waals surface area contributed by atoms with Gasteiger partial charge >= 0.3 is 0 Å². The highest BCUT2D eigenvalue weighted by molar-refractivity contribution is 5.69. The third kappa shape index (κ3) is 2.11. The monoisotopic (exact) mass is 232 g/mol. The van der Waals surface area contributed by atoms with Gasteiger partial charge in [-0.15, -0.1) is 0 Å². The molecule has 1 heterocycles. The van der Waals surface area contributed by atoms with E-state index in [2.05, 4.69) is 5.16 Å². The summed E-state index contributed by atoms with van der Waals surface area (Å²) in [4.78, 5) is 0. The molecule has 17 heavy (non-hydrogen) atoms. The van der Waals surface area contributed by atoms with Gasteiger partial charge in [-0.3, -0.25) is 0 Å². The number of rotatable bonds is 1. The molecule has 0 fully saturated rings. The molecule has 4 nitrogen and oxygen atoms in total. The summed E-state index contributed by atoms with van der Waals surface area (Å²) in [7, 11) is 0. The van der Waals surface area contributed by atoms with E-state index in [4.69, 9.17) is 10.3 Å².